The number of aliphatic imine (C=N–C) groups is 1. The van der Waals surface area contributed by atoms with Crippen molar-refractivity contribution in [3.8, 4) is 5.82 Å². The molecule has 2 aromatic heterocycles. The molecule has 0 amide bonds. The van der Waals surface area contributed by atoms with Crippen LogP contribution in [0.1, 0.15) is 32.2 Å². The highest BCUT2D eigenvalue weighted by Crippen LogP contribution is 2.29. The smallest absolute Gasteiger partial charge is 0.194 e. The van der Waals surface area contributed by atoms with Gasteiger partial charge in [-0.3, -0.25) is 4.57 Å². The number of nitrogens with zero attached hydrogens (tertiary/aromatic N) is 5. The first kappa shape index (κ1) is 22.0. The van der Waals surface area contributed by atoms with E-state index in [4.69, 9.17) is 4.99 Å². The Hall–Kier alpha value is -1.29. The molecule has 1 saturated heterocycles. The number of pyridine rings is 1. The van der Waals surface area contributed by atoms with Crippen molar-refractivity contribution in [3.63, 3.8) is 0 Å². The molecular formula is C19H29IN6S. The van der Waals surface area contributed by atoms with Gasteiger partial charge < -0.3 is 10.2 Å². The average molecular weight is 500 g/mol. The molecule has 0 bridgehead atoms. The molecule has 0 unspecified atom stereocenters. The molecule has 148 valence electrons. The van der Waals surface area contributed by atoms with Gasteiger partial charge in [-0.15, -0.1) is 24.0 Å². The Labute approximate surface area is 183 Å². The predicted octanol–water partition coefficient (Wildman–Crippen LogP) is 3.49. The maximum absolute atomic E-state index is 4.92. The lowest BCUT2D eigenvalue weighted by Crippen LogP contribution is -2.50. The van der Waals surface area contributed by atoms with Crippen LogP contribution < -0.4 is 5.32 Å². The molecule has 0 atom stereocenters. The van der Waals surface area contributed by atoms with Gasteiger partial charge in [0.1, 0.15) is 11.6 Å². The van der Waals surface area contributed by atoms with Gasteiger partial charge >= 0.3 is 0 Å². The Morgan fingerprint density at radius 1 is 1.33 bits per heavy atom. The molecule has 1 N–H and O–H groups in total. The third kappa shape index (κ3) is 5.60. The highest BCUT2D eigenvalue weighted by Gasteiger charge is 2.28. The van der Waals surface area contributed by atoms with Gasteiger partial charge in [-0.2, -0.15) is 11.8 Å². The van der Waals surface area contributed by atoms with Gasteiger partial charge in [0.2, 0.25) is 0 Å². The van der Waals surface area contributed by atoms with Crippen LogP contribution in [0.25, 0.3) is 5.82 Å². The summed E-state index contributed by atoms with van der Waals surface area (Å²) in [7, 11) is 0. The zero-order valence-electron chi connectivity index (χ0n) is 16.5. The van der Waals surface area contributed by atoms with Gasteiger partial charge in [0.25, 0.3) is 0 Å². The molecule has 0 spiro atoms. The van der Waals surface area contributed by atoms with Crippen LogP contribution in [0.5, 0.6) is 0 Å². The summed E-state index contributed by atoms with van der Waals surface area (Å²) in [6.07, 6.45) is 5.56. The lowest BCUT2D eigenvalue weighted by molar-refractivity contribution is 0.376. The van der Waals surface area contributed by atoms with Crippen LogP contribution in [-0.4, -0.2) is 55.5 Å². The lowest BCUT2D eigenvalue weighted by Gasteiger charge is -2.39. The van der Waals surface area contributed by atoms with E-state index in [1.807, 2.05) is 41.7 Å². The molecule has 27 heavy (non-hydrogen) atoms. The number of nitrogens with one attached hydrogen (secondary N) is 1. The second kappa shape index (κ2) is 9.77. The van der Waals surface area contributed by atoms with Crippen LogP contribution in [0.3, 0.4) is 0 Å². The minimum atomic E-state index is 0. The fourth-order valence-corrected chi connectivity index (χ4v) is 4.27. The third-order valence-electron chi connectivity index (χ3n) is 4.38. The van der Waals surface area contributed by atoms with Crippen LogP contribution in [0.2, 0.25) is 0 Å². The molecule has 0 saturated carbocycles. The van der Waals surface area contributed by atoms with Gasteiger partial charge in [-0.1, -0.05) is 6.07 Å². The molecule has 6 nitrogen and oxygen atoms in total. The van der Waals surface area contributed by atoms with Crippen molar-refractivity contribution >= 4 is 41.7 Å². The maximum Gasteiger partial charge on any atom is 0.194 e. The number of hydrogen-bond acceptors (Lipinski definition) is 4. The zero-order valence-corrected chi connectivity index (χ0v) is 19.6. The molecule has 1 aliphatic heterocycles. The van der Waals surface area contributed by atoms with Crippen molar-refractivity contribution in [2.24, 2.45) is 4.99 Å². The Morgan fingerprint density at radius 3 is 2.81 bits per heavy atom. The molecule has 0 radical (unpaired) electrons. The Kier molecular flexibility index (Phi) is 7.96. The molecular weight excluding hydrogens is 471 g/mol. The van der Waals surface area contributed by atoms with E-state index in [9.17, 15) is 0 Å². The topological polar surface area (TPSA) is 58.3 Å². The molecule has 0 aliphatic carbocycles. The van der Waals surface area contributed by atoms with Crippen molar-refractivity contribution < 1.29 is 0 Å². The van der Waals surface area contributed by atoms with Crippen molar-refractivity contribution in [1.29, 1.82) is 0 Å². The quantitative estimate of drug-likeness (QED) is 0.396. The van der Waals surface area contributed by atoms with E-state index in [1.165, 1.54) is 0 Å². The fraction of sp³-hybridized carbons (Fsp3) is 0.526. The van der Waals surface area contributed by atoms with E-state index < -0.39 is 0 Å². The number of rotatable bonds is 4. The summed E-state index contributed by atoms with van der Waals surface area (Å²) >= 11 is 2.03. The minimum Gasteiger partial charge on any atom is -0.357 e. The number of imidazole rings is 1. The lowest BCUT2D eigenvalue weighted by atomic mass is 10.2. The van der Waals surface area contributed by atoms with Crippen LogP contribution >= 0.6 is 35.7 Å². The zero-order chi connectivity index (χ0) is 18.6. The van der Waals surface area contributed by atoms with Crippen LogP contribution in [0.4, 0.5) is 0 Å². The molecule has 2 aromatic rings. The number of aromatic nitrogens is 3. The van der Waals surface area contributed by atoms with Crippen LogP contribution in [0, 0.1) is 6.92 Å². The van der Waals surface area contributed by atoms with E-state index >= 15 is 0 Å². The number of thioether (sulfide) groups is 1. The summed E-state index contributed by atoms with van der Waals surface area (Å²) in [5.41, 5.74) is 1.09. The van der Waals surface area contributed by atoms with Gasteiger partial charge in [0.15, 0.2) is 5.96 Å². The maximum atomic E-state index is 4.92. The van der Waals surface area contributed by atoms with Gasteiger partial charge in [-0.05, 0) is 33.8 Å². The Bertz CT molecular complexity index is 773. The summed E-state index contributed by atoms with van der Waals surface area (Å²) in [5, 5.41) is 3.45. The molecule has 1 aliphatic rings. The van der Waals surface area contributed by atoms with Gasteiger partial charge in [0, 0.05) is 54.3 Å². The van der Waals surface area contributed by atoms with E-state index in [0.29, 0.717) is 6.54 Å². The number of aryl methyl sites for hydroxylation is 1. The molecule has 3 heterocycles. The fourth-order valence-electron chi connectivity index (χ4n) is 3.16. The third-order valence-corrected chi connectivity index (χ3v) is 5.68. The Balaban J connectivity index is 0.00000261. The summed E-state index contributed by atoms with van der Waals surface area (Å²) in [5.74, 6) is 3.94. The number of hydrogen-bond donors (Lipinski definition) is 1. The standard InChI is InChI=1S/C19H28N6S.HI/c1-5-20-18(24-11-12-26-19(3,4)14-24)23-13-16-7-6-8-22-17(16)25-10-9-21-15(25)2;/h6-10H,5,11-14H2,1-4H3,(H,20,23);1H. The summed E-state index contributed by atoms with van der Waals surface area (Å²) < 4.78 is 2.26. The van der Waals surface area contributed by atoms with Crippen LogP contribution in [0.15, 0.2) is 35.7 Å². The molecule has 1 fully saturated rings. The van der Waals surface area contributed by atoms with E-state index in [-0.39, 0.29) is 28.7 Å². The average Bonchev–Trinajstić information content (AvgIpc) is 3.04. The van der Waals surface area contributed by atoms with Gasteiger partial charge in [0.05, 0.1) is 6.54 Å². The van der Waals surface area contributed by atoms with Crippen molar-refractivity contribution in [3.05, 3.63) is 42.1 Å². The SMILES string of the molecule is CCNC(=NCc1cccnc1-n1ccnc1C)N1CCSC(C)(C)C1.I. The largest absolute Gasteiger partial charge is 0.357 e. The molecule has 8 heteroatoms. The minimum absolute atomic E-state index is 0. The van der Waals surface area contributed by atoms with E-state index in [1.54, 1.807) is 6.20 Å². The summed E-state index contributed by atoms with van der Waals surface area (Å²) in [6.45, 7) is 12.2. The van der Waals surface area contributed by atoms with Crippen LogP contribution in [-0.2, 0) is 6.54 Å². The van der Waals surface area contributed by atoms with Crippen molar-refractivity contribution in [1.82, 2.24) is 24.8 Å². The Morgan fingerprint density at radius 2 is 2.15 bits per heavy atom. The van der Waals surface area contributed by atoms with Crippen molar-refractivity contribution in [2.45, 2.75) is 39.0 Å². The highest BCUT2D eigenvalue weighted by molar-refractivity contribution is 14.0. The second-order valence-electron chi connectivity index (χ2n) is 7.03. The van der Waals surface area contributed by atoms with E-state index in [0.717, 1.165) is 48.6 Å². The summed E-state index contributed by atoms with van der Waals surface area (Å²) in [6, 6.07) is 4.05. The number of guanidine groups is 1. The predicted molar refractivity (Wildman–Crippen MR) is 124 cm³/mol. The second-order valence-corrected chi connectivity index (χ2v) is 8.83. The normalized spacial score (nSPS) is 16.7. The molecule has 0 aromatic carbocycles. The highest BCUT2D eigenvalue weighted by atomic mass is 127. The number of halogens is 1. The first-order valence-electron chi connectivity index (χ1n) is 9.11. The first-order valence-corrected chi connectivity index (χ1v) is 10.1. The molecule has 3 rings (SSSR count). The monoisotopic (exact) mass is 500 g/mol. The van der Waals surface area contributed by atoms with Gasteiger partial charge in [-0.25, -0.2) is 15.0 Å². The summed E-state index contributed by atoms with van der Waals surface area (Å²) in [4.78, 5) is 16.2. The van der Waals surface area contributed by atoms with Crippen molar-refractivity contribution in [2.75, 3.05) is 25.4 Å². The first-order chi connectivity index (χ1) is 12.5. The van der Waals surface area contributed by atoms with E-state index in [2.05, 4.69) is 47.0 Å².